The molecule has 1 N–H and O–H groups in total. The van der Waals surface area contributed by atoms with Crippen LogP contribution in [0.25, 0.3) is 0 Å². The van der Waals surface area contributed by atoms with Gasteiger partial charge in [-0.25, -0.2) is 4.68 Å². The molecule has 0 aliphatic heterocycles. The average Bonchev–Trinajstić information content (AvgIpc) is 2.30. The van der Waals surface area contributed by atoms with E-state index in [1.807, 2.05) is 13.8 Å². The number of carbonyl (C=O) groups excluding carboxylic acids is 1. The first-order valence-electron chi connectivity index (χ1n) is 5.66. The molecule has 1 rings (SSSR count). The summed E-state index contributed by atoms with van der Waals surface area (Å²) in [7, 11) is 0. The highest BCUT2D eigenvalue weighted by Gasteiger charge is 2.12. The second kappa shape index (κ2) is 6.75. The molecule has 0 saturated heterocycles. The van der Waals surface area contributed by atoms with Crippen LogP contribution in [0, 0.1) is 0 Å². The zero-order valence-electron chi connectivity index (χ0n) is 10.2. The van der Waals surface area contributed by atoms with Crippen molar-refractivity contribution in [2.24, 2.45) is 0 Å². The Hall–Kier alpha value is -1.07. The van der Waals surface area contributed by atoms with Gasteiger partial charge in [0, 0.05) is 6.04 Å². The molecular weight excluding hydrogens is 277 g/mol. The lowest BCUT2D eigenvalue weighted by molar-refractivity contribution is -0.122. The Balaban J connectivity index is 2.71. The fraction of sp³-hybridized carbons (Fsp3) is 0.545. The Bertz CT molecular complexity index is 488. The summed E-state index contributed by atoms with van der Waals surface area (Å²) in [4.78, 5) is 23.3. The van der Waals surface area contributed by atoms with Crippen LogP contribution in [0.2, 0.25) is 10.0 Å². The van der Waals surface area contributed by atoms with Gasteiger partial charge in [-0.1, -0.05) is 36.5 Å². The topological polar surface area (TPSA) is 64.0 Å². The fourth-order valence-electron chi connectivity index (χ4n) is 1.52. The van der Waals surface area contributed by atoms with Gasteiger partial charge in [-0.2, -0.15) is 5.10 Å². The minimum Gasteiger partial charge on any atom is -0.352 e. The summed E-state index contributed by atoms with van der Waals surface area (Å²) in [5.41, 5.74) is -0.567. The van der Waals surface area contributed by atoms with E-state index in [-0.39, 0.29) is 28.5 Å². The first kappa shape index (κ1) is 15.0. The molecule has 0 bridgehead atoms. The predicted octanol–water partition coefficient (Wildman–Crippen LogP) is 1.85. The van der Waals surface area contributed by atoms with Gasteiger partial charge in [-0.15, -0.1) is 0 Å². The van der Waals surface area contributed by atoms with Crippen LogP contribution in [0.15, 0.2) is 11.0 Å². The van der Waals surface area contributed by atoms with E-state index in [0.717, 1.165) is 17.5 Å². The van der Waals surface area contributed by atoms with Gasteiger partial charge in [0.05, 0.1) is 11.2 Å². The minimum atomic E-state index is -0.567. The Labute approximate surface area is 115 Å². The van der Waals surface area contributed by atoms with Gasteiger partial charge in [0.15, 0.2) is 0 Å². The number of nitrogens with zero attached hydrogens (tertiary/aromatic N) is 2. The van der Waals surface area contributed by atoms with Crippen LogP contribution >= 0.6 is 23.2 Å². The number of amides is 1. The Morgan fingerprint density at radius 2 is 2.22 bits per heavy atom. The third-order valence-electron chi connectivity index (χ3n) is 2.36. The first-order valence-corrected chi connectivity index (χ1v) is 6.41. The maximum Gasteiger partial charge on any atom is 0.287 e. The Morgan fingerprint density at radius 3 is 2.83 bits per heavy atom. The zero-order chi connectivity index (χ0) is 13.7. The van der Waals surface area contributed by atoms with Crippen molar-refractivity contribution in [3.63, 3.8) is 0 Å². The maximum atomic E-state index is 11.7. The third-order valence-corrected chi connectivity index (χ3v) is 3.11. The first-order chi connectivity index (χ1) is 8.45. The number of hydrogen-bond acceptors (Lipinski definition) is 3. The molecule has 0 aliphatic rings. The number of carbonyl (C=O) groups is 1. The van der Waals surface area contributed by atoms with Crippen molar-refractivity contribution < 1.29 is 4.79 Å². The van der Waals surface area contributed by atoms with Crippen LogP contribution < -0.4 is 10.9 Å². The molecule has 1 amide bonds. The summed E-state index contributed by atoms with van der Waals surface area (Å²) in [6, 6.07) is 0.0703. The highest BCUT2D eigenvalue weighted by molar-refractivity contribution is 6.41. The van der Waals surface area contributed by atoms with Crippen molar-refractivity contribution in [1.82, 2.24) is 15.1 Å². The van der Waals surface area contributed by atoms with Crippen LogP contribution in [0.5, 0.6) is 0 Å². The highest BCUT2D eigenvalue weighted by Crippen LogP contribution is 2.14. The fourth-order valence-corrected chi connectivity index (χ4v) is 1.79. The molecule has 1 heterocycles. The summed E-state index contributed by atoms with van der Waals surface area (Å²) in [6.07, 6.45) is 3.11. The molecule has 1 aromatic heterocycles. The smallest absolute Gasteiger partial charge is 0.287 e. The second-order valence-corrected chi connectivity index (χ2v) is 4.81. The monoisotopic (exact) mass is 291 g/mol. The van der Waals surface area contributed by atoms with Gasteiger partial charge in [0.2, 0.25) is 5.91 Å². The number of halogens is 2. The van der Waals surface area contributed by atoms with Crippen molar-refractivity contribution in [2.45, 2.75) is 39.3 Å². The molecule has 0 saturated carbocycles. The molecule has 0 spiro atoms. The maximum absolute atomic E-state index is 11.7. The van der Waals surface area contributed by atoms with Gasteiger partial charge in [-0.3, -0.25) is 9.59 Å². The minimum absolute atomic E-state index is 0.0703. The zero-order valence-corrected chi connectivity index (χ0v) is 11.8. The van der Waals surface area contributed by atoms with Gasteiger partial charge in [0.1, 0.15) is 11.6 Å². The lowest BCUT2D eigenvalue weighted by Crippen LogP contribution is -2.38. The molecular formula is C11H15Cl2N3O2. The van der Waals surface area contributed by atoms with Crippen molar-refractivity contribution in [1.29, 1.82) is 0 Å². The normalized spacial score (nSPS) is 12.2. The number of aromatic nitrogens is 2. The van der Waals surface area contributed by atoms with Crippen LogP contribution in [-0.4, -0.2) is 21.7 Å². The third kappa shape index (κ3) is 3.99. The van der Waals surface area contributed by atoms with E-state index in [2.05, 4.69) is 10.4 Å². The van der Waals surface area contributed by atoms with E-state index in [0.29, 0.717) is 0 Å². The molecule has 5 nitrogen and oxygen atoms in total. The largest absolute Gasteiger partial charge is 0.352 e. The predicted molar refractivity (Wildman–Crippen MR) is 71.0 cm³/mol. The molecule has 0 aromatic carbocycles. The van der Waals surface area contributed by atoms with Gasteiger partial charge in [-0.05, 0) is 13.3 Å². The van der Waals surface area contributed by atoms with E-state index in [4.69, 9.17) is 23.2 Å². The summed E-state index contributed by atoms with van der Waals surface area (Å²) in [6.45, 7) is 3.78. The van der Waals surface area contributed by atoms with Crippen molar-refractivity contribution in [3.8, 4) is 0 Å². The SMILES string of the molecule is CCCC(C)NC(=O)Cn1ncc(Cl)c(Cl)c1=O. The summed E-state index contributed by atoms with van der Waals surface area (Å²) >= 11 is 11.3. The van der Waals surface area contributed by atoms with Gasteiger partial charge in [0.25, 0.3) is 5.56 Å². The molecule has 7 heteroatoms. The van der Waals surface area contributed by atoms with Crippen LogP contribution in [0.4, 0.5) is 0 Å². The van der Waals surface area contributed by atoms with E-state index in [9.17, 15) is 9.59 Å². The van der Waals surface area contributed by atoms with Crippen LogP contribution in [0.1, 0.15) is 26.7 Å². The average molecular weight is 292 g/mol. The van der Waals surface area contributed by atoms with E-state index < -0.39 is 5.56 Å². The van der Waals surface area contributed by atoms with Crippen molar-refractivity contribution in [2.75, 3.05) is 0 Å². The lowest BCUT2D eigenvalue weighted by atomic mass is 10.2. The molecule has 1 aromatic rings. The molecule has 1 atom stereocenters. The molecule has 0 aliphatic carbocycles. The number of hydrogen-bond donors (Lipinski definition) is 1. The van der Waals surface area contributed by atoms with Gasteiger partial charge >= 0.3 is 0 Å². The van der Waals surface area contributed by atoms with Crippen LogP contribution in [0.3, 0.4) is 0 Å². The summed E-state index contributed by atoms with van der Waals surface area (Å²) in [5, 5.41) is 6.49. The summed E-state index contributed by atoms with van der Waals surface area (Å²) < 4.78 is 0.988. The Kier molecular flexibility index (Phi) is 5.62. The van der Waals surface area contributed by atoms with Crippen molar-refractivity contribution >= 4 is 29.1 Å². The molecule has 1 unspecified atom stereocenters. The molecule has 18 heavy (non-hydrogen) atoms. The van der Waals surface area contributed by atoms with E-state index >= 15 is 0 Å². The van der Waals surface area contributed by atoms with E-state index in [1.165, 1.54) is 6.20 Å². The standard InChI is InChI=1S/C11H15Cl2N3O2/c1-3-4-7(2)15-9(17)6-16-11(18)10(13)8(12)5-14-16/h5,7H,3-4,6H2,1-2H3,(H,15,17). The highest BCUT2D eigenvalue weighted by atomic mass is 35.5. The number of rotatable bonds is 5. The molecule has 0 fully saturated rings. The van der Waals surface area contributed by atoms with E-state index in [1.54, 1.807) is 0 Å². The number of nitrogens with one attached hydrogen (secondary N) is 1. The van der Waals surface area contributed by atoms with Crippen LogP contribution in [-0.2, 0) is 11.3 Å². The second-order valence-electron chi connectivity index (χ2n) is 4.03. The van der Waals surface area contributed by atoms with Gasteiger partial charge < -0.3 is 5.32 Å². The lowest BCUT2D eigenvalue weighted by Gasteiger charge is -2.13. The van der Waals surface area contributed by atoms with Crippen molar-refractivity contribution in [3.05, 3.63) is 26.6 Å². The quantitative estimate of drug-likeness (QED) is 0.901. The molecule has 100 valence electrons. The Morgan fingerprint density at radius 1 is 1.56 bits per heavy atom. The summed E-state index contributed by atoms with van der Waals surface area (Å²) in [5.74, 6) is -0.274. The molecule has 0 radical (unpaired) electrons.